The molecule has 11 aromatic carbocycles. The number of furan rings is 1. The van der Waals surface area contributed by atoms with Gasteiger partial charge in [0.1, 0.15) is 11.2 Å². The predicted molar refractivity (Wildman–Crippen MR) is 301 cm³/mol. The van der Waals surface area contributed by atoms with E-state index in [2.05, 4.69) is 263 Å². The molecule has 14 rings (SSSR count). The maximum atomic E-state index is 6.55. The summed E-state index contributed by atoms with van der Waals surface area (Å²) in [5.74, 6) is 0. The Balaban J connectivity index is 1.01. The molecular weight excluding hydrogens is 883 g/mol. The zero-order valence-electron chi connectivity index (χ0n) is 38.5. The van der Waals surface area contributed by atoms with Gasteiger partial charge in [-0.15, -0.1) is 11.3 Å². The highest BCUT2D eigenvalue weighted by Gasteiger charge is 2.22. The highest BCUT2D eigenvalue weighted by molar-refractivity contribution is 7.25. The molecule has 0 aliphatic heterocycles. The average Bonchev–Trinajstić information content (AvgIpc) is 4.11. The lowest BCUT2D eigenvalue weighted by Crippen LogP contribution is -2.13. The molecule has 3 heterocycles. The van der Waals surface area contributed by atoms with E-state index >= 15 is 0 Å². The van der Waals surface area contributed by atoms with Crippen molar-refractivity contribution in [3.8, 4) is 27.9 Å². The molecule has 0 bridgehead atoms. The summed E-state index contributed by atoms with van der Waals surface area (Å²) < 4.78 is 11.5. The van der Waals surface area contributed by atoms with Crippen molar-refractivity contribution >= 4 is 109 Å². The molecule has 0 radical (unpaired) electrons. The number of rotatable bonds is 9. The van der Waals surface area contributed by atoms with E-state index in [-0.39, 0.29) is 0 Å². The van der Waals surface area contributed by atoms with Gasteiger partial charge in [-0.2, -0.15) is 0 Å². The zero-order valence-corrected chi connectivity index (χ0v) is 39.3. The first-order valence-corrected chi connectivity index (χ1v) is 24.9. The van der Waals surface area contributed by atoms with Crippen molar-refractivity contribution in [3.05, 3.63) is 261 Å². The number of anilines is 6. The van der Waals surface area contributed by atoms with Crippen LogP contribution in [0.5, 0.6) is 0 Å². The lowest BCUT2D eigenvalue weighted by molar-refractivity contribution is 0.669. The number of hydrogen-bond acceptors (Lipinski definition) is 4. The number of thiophene rings is 1. The molecule has 0 atom stereocenters. The van der Waals surface area contributed by atoms with Gasteiger partial charge in [-0.25, -0.2) is 0 Å². The molecule has 334 valence electrons. The molecule has 0 amide bonds. The van der Waals surface area contributed by atoms with Gasteiger partial charge in [0.25, 0.3) is 0 Å². The number of fused-ring (bicyclic) bond motifs is 9. The summed E-state index contributed by atoms with van der Waals surface area (Å²) in [6.45, 7) is 0. The van der Waals surface area contributed by atoms with Gasteiger partial charge in [-0.3, -0.25) is 0 Å². The van der Waals surface area contributed by atoms with Crippen molar-refractivity contribution < 1.29 is 4.42 Å². The molecule has 14 aromatic rings. The van der Waals surface area contributed by atoms with Crippen LogP contribution in [-0.4, -0.2) is 4.57 Å². The van der Waals surface area contributed by atoms with Gasteiger partial charge in [0.15, 0.2) is 0 Å². The summed E-state index contributed by atoms with van der Waals surface area (Å²) in [7, 11) is 0. The van der Waals surface area contributed by atoms with E-state index in [0.29, 0.717) is 0 Å². The first-order valence-electron chi connectivity index (χ1n) is 24.1. The molecule has 0 aliphatic rings. The van der Waals surface area contributed by atoms with E-state index in [1.165, 1.54) is 47.6 Å². The minimum atomic E-state index is 0.846. The summed E-state index contributed by atoms with van der Waals surface area (Å²) in [5, 5.41) is 7.19. The molecule has 0 saturated heterocycles. The molecular formula is C66H43N3OS. The molecule has 0 N–H and O–H groups in total. The summed E-state index contributed by atoms with van der Waals surface area (Å²) in [5.41, 5.74) is 16.0. The third kappa shape index (κ3) is 7.05. The monoisotopic (exact) mass is 925 g/mol. The van der Waals surface area contributed by atoms with Crippen LogP contribution in [0.25, 0.3) is 91.9 Å². The van der Waals surface area contributed by atoms with Crippen molar-refractivity contribution in [3.63, 3.8) is 0 Å². The van der Waals surface area contributed by atoms with Gasteiger partial charge >= 0.3 is 0 Å². The maximum Gasteiger partial charge on any atom is 0.137 e. The van der Waals surface area contributed by atoms with Gasteiger partial charge in [0.05, 0.1) is 11.0 Å². The van der Waals surface area contributed by atoms with Crippen LogP contribution in [0, 0.1) is 0 Å². The van der Waals surface area contributed by atoms with Gasteiger partial charge in [0, 0.05) is 87.6 Å². The average molecular weight is 926 g/mol. The Labute approximate surface area is 414 Å². The molecule has 0 aliphatic carbocycles. The van der Waals surface area contributed by atoms with Crippen molar-refractivity contribution in [2.24, 2.45) is 0 Å². The third-order valence-corrected chi connectivity index (χ3v) is 15.1. The Bertz CT molecular complexity index is 4110. The Morgan fingerprint density at radius 3 is 1.54 bits per heavy atom. The minimum absolute atomic E-state index is 0.846. The van der Waals surface area contributed by atoms with Crippen molar-refractivity contribution in [2.45, 2.75) is 0 Å². The number of benzene rings is 11. The van der Waals surface area contributed by atoms with E-state index < -0.39 is 0 Å². The summed E-state index contributed by atoms with van der Waals surface area (Å²) >= 11 is 1.84. The highest BCUT2D eigenvalue weighted by Crippen LogP contribution is 2.47. The fourth-order valence-corrected chi connectivity index (χ4v) is 11.8. The molecule has 5 heteroatoms. The van der Waals surface area contributed by atoms with Crippen LogP contribution in [0.15, 0.2) is 265 Å². The summed E-state index contributed by atoms with van der Waals surface area (Å²) in [4.78, 5) is 4.77. The first-order chi connectivity index (χ1) is 35.2. The van der Waals surface area contributed by atoms with Crippen LogP contribution in [0.2, 0.25) is 0 Å². The Morgan fingerprint density at radius 2 is 0.803 bits per heavy atom. The van der Waals surface area contributed by atoms with Gasteiger partial charge in [0.2, 0.25) is 0 Å². The summed E-state index contributed by atoms with van der Waals surface area (Å²) in [6.07, 6.45) is 0. The maximum absolute atomic E-state index is 6.55. The number of hydrogen-bond donors (Lipinski definition) is 0. The smallest absolute Gasteiger partial charge is 0.137 e. The van der Waals surface area contributed by atoms with Crippen molar-refractivity contribution in [2.75, 3.05) is 9.80 Å². The van der Waals surface area contributed by atoms with Crippen LogP contribution < -0.4 is 9.80 Å². The topological polar surface area (TPSA) is 24.6 Å². The molecule has 0 saturated carbocycles. The van der Waals surface area contributed by atoms with Crippen LogP contribution in [0.3, 0.4) is 0 Å². The SMILES string of the molecule is c1ccc(-c2ccc(-n3c4ccccc4c4ccc(-c5cc(N(c6ccccc6)c6ccc7c(c6)oc6ccccc67)cc(N(c6ccccc6)c6ccc7c(c6)sc6ccccc67)c5)cc43)cc2)cc1. The largest absolute Gasteiger partial charge is 0.456 e. The van der Waals surface area contributed by atoms with Gasteiger partial charge < -0.3 is 18.8 Å². The van der Waals surface area contributed by atoms with Gasteiger partial charge in [-0.1, -0.05) is 152 Å². The van der Waals surface area contributed by atoms with Crippen LogP contribution in [-0.2, 0) is 0 Å². The number of para-hydroxylation sites is 4. The van der Waals surface area contributed by atoms with E-state index in [1.807, 2.05) is 23.5 Å². The second-order valence-corrected chi connectivity index (χ2v) is 19.2. The van der Waals surface area contributed by atoms with E-state index in [0.717, 1.165) is 78.4 Å². The van der Waals surface area contributed by atoms with Crippen LogP contribution in [0.4, 0.5) is 34.1 Å². The molecule has 71 heavy (non-hydrogen) atoms. The molecule has 0 fully saturated rings. The van der Waals surface area contributed by atoms with E-state index in [1.54, 1.807) is 0 Å². The minimum Gasteiger partial charge on any atom is -0.456 e. The fourth-order valence-electron chi connectivity index (χ4n) is 10.6. The molecule has 0 unspecified atom stereocenters. The zero-order chi connectivity index (χ0) is 46.8. The summed E-state index contributed by atoms with van der Waals surface area (Å²) in [6, 6.07) is 94.4. The quantitative estimate of drug-likeness (QED) is 0.144. The van der Waals surface area contributed by atoms with Crippen LogP contribution in [0.1, 0.15) is 0 Å². The normalized spacial score (nSPS) is 11.7. The molecule has 4 nitrogen and oxygen atoms in total. The fraction of sp³-hybridized carbons (Fsp3) is 0. The number of aromatic nitrogens is 1. The highest BCUT2D eigenvalue weighted by atomic mass is 32.1. The Hall–Kier alpha value is -9.16. The van der Waals surface area contributed by atoms with E-state index in [4.69, 9.17) is 4.42 Å². The Kier molecular flexibility index (Phi) is 9.68. The van der Waals surface area contributed by atoms with E-state index in [9.17, 15) is 0 Å². The second-order valence-electron chi connectivity index (χ2n) is 18.1. The standard InChI is InChI=1S/C66H43N3OS/c1-4-16-44(17-5-1)45-28-31-50(32-29-45)69-61-25-13-10-22-55(61)56-35-30-46(40-62(56)69)47-38-53(67(48-18-6-2-7-19-48)51-33-36-58-57-23-11-14-26-63(57)70-64(58)42-51)41-54(39-47)68(49-20-8-3-9-21-49)52-34-37-60-59-24-12-15-27-65(59)71-66(60)43-52/h1-43H. The van der Waals surface area contributed by atoms with Crippen molar-refractivity contribution in [1.82, 2.24) is 4.57 Å². The number of nitrogens with zero attached hydrogens (tertiary/aromatic N) is 3. The van der Waals surface area contributed by atoms with Crippen LogP contribution >= 0.6 is 11.3 Å². The van der Waals surface area contributed by atoms with Crippen molar-refractivity contribution in [1.29, 1.82) is 0 Å². The first kappa shape index (κ1) is 40.9. The molecule has 0 spiro atoms. The lowest BCUT2D eigenvalue weighted by Gasteiger charge is -2.30. The van der Waals surface area contributed by atoms with Gasteiger partial charge in [-0.05, 0) is 125 Å². The Morgan fingerprint density at radius 1 is 0.282 bits per heavy atom. The lowest BCUT2D eigenvalue weighted by atomic mass is 10.00. The second kappa shape index (κ2) is 16.8. The molecule has 3 aromatic heterocycles. The third-order valence-electron chi connectivity index (χ3n) is 13.9. The predicted octanol–water partition coefficient (Wildman–Crippen LogP) is 19.3.